The number of anilines is 2. The Bertz CT molecular complexity index is 728. The van der Waals surface area contributed by atoms with E-state index < -0.39 is 4.92 Å². The van der Waals surface area contributed by atoms with Crippen LogP contribution in [0.4, 0.5) is 17.1 Å². The molecule has 1 aliphatic heterocycles. The zero-order valence-electron chi connectivity index (χ0n) is 18.7. The zero-order chi connectivity index (χ0) is 22.8. The lowest BCUT2D eigenvalue weighted by atomic mass is 10.0. The average Bonchev–Trinajstić information content (AvgIpc) is 2.81. The molecule has 0 bridgehead atoms. The Morgan fingerprint density at radius 2 is 1.45 bits per heavy atom. The maximum Gasteiger partial charge on any atom is 0.269 e. The number of carbonyl (C=O) groups excluding carboxylic acids is 1. The Labute approximate surface area is 175 Å². The summed E-state index contributed by atoms with van der Waals surface area (Å²) < 4.78 is 0. The van der Waals surface area contributed by atoms with Crippen molar-refractivity contribution in [1.82, 2.24) is 0 Å². The molecule has 2 aromatic carbocycles. The van der Waals surface area contributed by atoms with Gasteiger partial charge in [-0.1, -0.05) is 59.7 Å². The summed E-state index contributed by atoms with van der Waals surface area (Å²) in [6.07, 6.45) is 2.11. The maximum atomic E-state index is 10.7. The Balaban J connectivity index is 0. The summed E-state index contributed by atoms with van der Waals surface area (Å²) in [5, 5.41) is 14.0. The third-order valence-corrected chi connectivity index (χ3v) is 3.53. The molecule has 0 saturated heterocycles. The van der Waals surface area contributed by atoms with Crippen LogP contribution in [0.25, 0.3) is 5.70 Å². The van der Waals surface area contributed by atoms with E-state index in [1.54, 1.807) is 12.1 Å². The highest BCUT2D eigenvalue weighted by Gasteiger charge is 2.15. The topological polar surface area (TPSA) is 75.5 Å². The predicted molar refractivity (Wildman–Crippen MR) is 126 cm³/mol. The minimum Gasteiger partial charge on any atom is -0.370 e. The van der Waals surface area contributed by atoms with Crippen LogP contribution in [0.15, 0.2) is 54.6 Å². The monoisotopic (exact) mass is 401 g/mol. The number of hydrogen-bond acceptors (Lipinski definition) is 5. The number of non-ortho nitro benzene ring substituents is 1. The number of benzene rings is 2. The van der Waals surface area contributed by atoms with Crippen molar-refractivity contribution < 1.29 is 9.72 Å². The Kier molecular flexibility index (Phi) is 16.4. The summed E-state index contributed by atoms with van der Waals surface area (Å²) in [5.74, 6) is 0. The lowest BCUT2D eigenvalue weighted by molar-refractivity contribution is -0.384. The van der Waals surface area contributed by atoms with Gasteiger partial charge in [0.15, 0.2) is 0 Å². The van der Waals surface area contributed by atoms with Gasteiger partial charge in [0.2, 0.25) is 0 Å². The molecular formula is C23H35N3O3. The first-order valence-corrected chi connectivity index (χ1v) is 9.96. The van der Waals surface area contributed by atoms with E-state index in [9.17, 15) is 10.1 Å². The van der Waals surface area contributed by atoms with Crippen molar-refractivity contribution in [3.8, 4) is 0 Å². The molecular weight excluding hydrogens is 366 g/mol. The van der Waals surface area contributed by atoms with E-state index in [-0.39, 0.29) is 5.69 Å². The molecule has 0 spiro atoms. The first-order valence-electron chi connectivity index (χ1n) is 9.96. The molecule has 0 saturated carbocycles. The van der Waals surface area contributed by atoms with Gasteiger partial charge in [0.25, 0.3) is 5.69 Å². The first-order chi connectivity index (χ1) is 14.1. The lowest BCUT2D eigenvalue weighted by Crippen LogP contribution is -2.23. The smallest absolute Gasteiger partial charge is 0.269 e. The van der Waals surface area contributed by atoms with Crippen molar-refractivity contribution in [3.05, 3.63) is 70.3 Å². The van der Waals surface area contributed by atoms with Gasteiger partial charge in [0, 0.05) is 48.4 Å². The molecule has 0 unspecified atom stereocenters. The second kappa shape index (κ2) is 17.0. The van der Waals surface area contributed by atoms with Gasteiger partial charge in [-0.2, -0.15) is 0 Å². The summed E-state index contributed by atoms with van der Waals surface area (Å²) in [4.78, 5) is 20.5. The summed E-state index contributed by atoms with van der Waals surface area (Å²) in [6.45, 7) is 14.8. The number of para-hydroxylation sites is 1. The molecule has 6 heteroatoms. The van der Waals surface area contributed by atoms with E-state index in [2.05, 4.69) is 35.5 Å². The number of nitrogens with one attached hydrogen (secondary N) is 1. The number of nitro groups is 1. The SMILES string of the molecule is C=O.CC.CC.CC.CN1CC=C(Nc2ccc([N+](=O)[O-])cc2)c2ccccc21. The van der Waals surface area contributed by atoms with Crippen molar-refractivity contribution in [2.75, 3.05) is 23.8 Å². The van der Waals surface area contributed by atoms with Crippen molar-refractivity contribution in [2.24, 2.45) is 0 Å². The second-order valence-corrected chi connectivity index (χ2v) is 4.94. The van der Waals surface area contributed by atoms with Gasteiger partial charge < -0.3 is 15.0 Å². The number of nitro benzene ring substituents is 1. The Morgan fingerprint density at radius 1 is 0.931 bits per heavy atom. The van der Waals surface area contributed by atoms with Crippen molar-refractivity contribution in [3.63, 3.8) is 0 Å². The molecule has 29 heavy (non-hydrogen) atoms. The quantitative estimate of drug-likeness (QED) is 0.476. The Hall–Kier alpha value is -3.15. The highest BCUT2D eigenvalue weighted by molar-refractivity contribution is 5.86. The number of likely N-dealkylation sites (N-methyl/N-ethyl adjacent to an activating group) is 1. The average molecular weight is 402 g/mol. The third-order valence-electron chi connectivity index (χ3n) is 3.53. The highest BCUT2D eigenvalue weighted by atomic mass is 16.6. The third kappa shape index (κ3) is 8.60. The molecule has 2 aromatic rings. The highest BCUT2D eigenvalue weighted by Crippen LogP contribution is 2.31. The molecule has 6 nitrogen and oxygen atoms in total. The van der Waals surface area contributed by atoms with Gasteiger partial charge in [0.1, 0.15) is 6.79 Å². The fourth-order valence-corrected chi connectivity index (χ4v) is 2.41. The molecule has 0 aliphatic carbocycles. The van der Waals surface area contributed by atoms with Crippen LogP contribution in [0.1, 0.15) is 47.1 Å². The zero-order valence-corrected chi connectivity index (χ0v) is 18.7. The summed E-state index contributed by atoms with van der Waals surface area (Å²) in [6, 6.07) is 14.6. The molecule has 0 atom stereocenters. The standard InChI is InChI=1S/C16H15N3O2.3C2H6.CH2O/c1-18-11-10-15(14-4-2-3-5-16(14)18)17-12-6-8-13(9-7-12)19(20)21;4*1-2/h2-10,17H,11H2,1H3;3*1-2H3;1H2. The maximum absolute atomic E-state index is 10.7. The van der Waals surface area contributed by atoms with Crippen molar-refractivity contribution >= 4 is 29.5 Å². The fraction of sp³-hybridized carbons (Fsp3) is 0.348. The van der Waals surface area contributed by atoms with Crippen LogP contribution in [0.5, 0.6) is 0 Å². The largest absolute Gasteiger partial charge is 0.370 e. The molecule has 0 aromatic heterocycles. The van der Waals surface area contributed by atoms with E-state index in [1.165, 1.54) is 17.8 Å². The van der Waals surface area contributed by atoms with E-state index in [0.717, 1.165) is 23.5 Å². The minimum absolute atomic E-state index is 0.0957. The Morgan fingerprint density at radius 3 is 1.97 bits per heavy atom. The summed E-state index contributed by atoms with van der Waals surface area (Å²) in [7, 11) is 2.05. The summed E-state index contributed by atoms with van der Waals surface area (Å²) >= 11 is 0. The molecule has 0 radical (unpaired) electrons. The van der Waals surface area contributed by atoms with Crippen LogP contribution in [0, 0.1) is 10.1 Å². The van der Waals surface area contributed by atoms with Gasteiger partial charge in [-0.05, 0) is 24.3 Å². The number of carbonyl (C=O) groups is 1. The van der Waals surface area contributed by atoms with Crippen LogP contribution >= 0.6 is 0 Å². The van der Waals surface area contributed by atoms with Gasteiger partial charge >= 0.3 is 0 Å². The predicted octanol–water partition coefficient (Wildman–Crippen LogP) is 6.39. The molecule has 3 rings (SSSR count). The fourth-order valence-electron chi connectivity index (χ4n) is 2.41. The van der Waals surface area contributed by atoms with Gasteiger partial charge in [-0.15, -0.1) is 0 Å². The second-order valence-electron chi connectivity index (χ2n) is 4.94. The van der Waals surface area contributed by atoms with E-state index >= 15 is 0 Å². The molecule has 160 valence electrons. The summed E-state index contributed by atoms with van der Waals surface area (Å²) in [5.41, 5.74) is 4.26. The molecule has 0 fully saturated rings. The van der Waals surface area contributed by atoms with Crippen LogP contribution in [-0.4, -0.2) is 25.3 Å². The minimum atomic E-state index is -0.395. The van der Waals surface area contributed by atoms with Crippen LogP contribution < -0.4 is 10.2 Å². The van der Waals surface area contributed by atoms with Gasteiger partial charge in [-0.25, -0.2) is 0 Å². The first kappa shape index (κ1) is 28.1. The van der Waals surface area contributed by atoms with E-state index in [1.807, 2.05) is 60.5 Å². The van der Waals surface area contributed by atoms with E-state index in [4.69, 9.17) is 4.79 Å². The van der Waals surface area contributed by atoms with Crippen molar-refractivity contribution in [2.45, 2.75) is 41.5 Å². The number of rotatable bonds is 3. The van der Waals surface area contributed by atoms with E-state index in [0.29, 0.717) is 0 Å². The number of fused-ring (bicyclic) bond motifs is 1. The molecule has 1 N–H and O–H groups in total. The molecule has 1 aliphatic rings. The number of nitrogens with zero attached hydrogens (tertiary/aromatic N) is 2. The van der Waals surface area contributed by atoms with Crippen LogP contribution in [-0.2, 0) is 4.79 Å². The lowest BCUT2D eigenvalue weighted by Gasteiger charge is -2.27. The number of hydrogen-bond donors (Lipinski definition) is 1. The normalized spacial score (nSPS) is 10.4. The van der Waals surface area contributed by atoms with Gasteiger partial charge in [0.05, 0.1) is 4.92 Å². The van der Waals surface area contributed by atoms with Crippen LogP contribution in [0.3, 0.4) is 0 Å². The molecule has 1 heterocycles. The van der Waals surface area contributed by atoms with Gasteiger partial charge in [-0.3, -0.25) is 10.1 Å². The van der Waals surface area contributed by atoms with Crippen molar-refractivity contribution in [1.29, 1.82) is 0 Å². The van der Waals surface area contributed by atoms with Crippen LogP contribution in [0.2, 0.25) is 0 Å². The molecule has 0 amide bonds.